The van der Waals surface area contributed by atoms with Crippen LogP contribution in [0.1, 0.15) is 20.3 Å². The van der Waals surface area contributed by atoms with E-state index >= 15 is 0 Å². The molecule has 0 heterocycles. The number of carbonyl (C=O) groups is 4. The van der Waals surface area contributed by atoms with Crippen LogP contribution in [0, 0.1) is 5.92 Å². The highest BCUT2D eigenvalue weighted by molar-refractivity contribution is 5.88. The normalized spacial score (nSPS) is 13.2. The standard InChI is InChI=1S/C11H18N2O7/c1-5(2)8(10(18)20-3)13-11(19)12-6(9(16)17)4-7(14)15/h5-6,8H,4H2,1-3H3,(H,14,15)(H,16,17)(H2,12,13,19)/t6-,8?/m0/s1. The van der Waals surface area contributed by atoms with E-state index in [1.165, 1.54) is 0 Å². The van der Waals surface area contributed by atoms with Crippen LogP contribution in [0.5, 0.6) is 0 Å². The Morgan fingerprint density at radius 3 is 2.00 bits per heavy atom. The molecule has 2 amide bonds. The molecule has 0 bridgehead atoms. The van der Waals surface area contributed by atoms with Gasteiger partial charge in [-0.3, -0.25) is 4.79 Å². The Kier molecular flexibility index (Phi) is 7.05. The lowest BCUT2D eigenvalue weighted by Crippen LogP contribution is -2.53. The van der Waals surface area contributed by atoms with Gasteiger partial charge < -0.3 is 25.6 Å². The molecule has 0 saturated heterocycles. The van der Waals surface area contributed by atoms with Crippen LogP contribution < -0.4 is 10.6 Å². The topological polar surface area (TPSA) is 142 Å². The Morgan fingerprint density at radius 1 is 1.10 bits per heavy atom. The van der Waals surface area contributed by atoms with Crippen molar-refractivity contribution in [3.05, 3.63) is 0 Å². The number of urea groups is 1. The molecule has 4 N–H and O–H groups in total. The summed E-state index contributed by atoms with van der Waals surface area (Å²) in [5.74, 6) is -3.82. The SMILES string of the molecule is COC(=O)C(NC(=O)N[C@@H](CC(=O)O)C(=O)O)C(C)C. The molecule has 1 unspecified atom stereocenters. The number of rotatable bonds is 7. The van der Waals surface area contributed by atoms with Crippen LogP contribution in [0.3, 0.4) is 0 Å². The van der Waals surface area contributed by atoms with Gasteiger partial charge in [-0.25, -0.2) is 14.4 Å². The maximum atomic E-state index is 11.6. The molecule has 2 atom stereocenters. The van der Waals surface area contributed by atoms with Crippen molar-refractivity contribution >= 4 is 23.9 Å². The van der Waals surface area contributed by atoms with Gasteiger partial charge in [0.2, 0.25) is 0 Å². The molecular formula is C11H18N2O7. The quantitative estimate of drug-likeness (QED) is 0.459. The fourth-order valence-electron chi connectivity index (χ4n) is 1.34. The second-order valence-corrected chi connectivity index (χ2v) is 4.35. The summed E-state index contributed by atoms with van der Waals surface area (Å²) in [6.45, 7) is 3.32. The molecule has 0 aliphatic heterocycles. The van der Waals surface area contributed by atoms with Gasteiger partial charge in [0, 0.05) is 0 Å². The summed E-state index contributed by atoms with van der Waals surface area (Å²) in [4.78, 5) is 44.3. The van der Waals surface area contributed by atoms with Gasteiger partial charge in [0.05, 0.1) is 13.5 Å². The van der Waals surface area contributed by atoms with Gasteiger partial charge in [-0.2, -0.15) is 0 Å². The van der Waals surface area contributed by atoms with E-state index in [9.17, 15) is 19.2 Å². The van der Waals surface area contributed by atoms with E-state index in [0.29, 0.717) is 0 Å². The lowest BCUT2D eigenvalue weighted by molar-refractivity contribution is -0.145. The Labute approximate surface area is 115 Å². The van der Waals surface area contributed by atoms with Crippen molar-refractivity contribution < 1.29 is 34.1 Å². The zero-order valence-corrected chi connectivity index (χ0v) is 11.4. The number of aliphatic carboxylic acids is 2. The van der Waals surface area contributed by atoms with Gasteiger partial charge in [-0.1, -0.05) is 13.8 Å². The van der Waals surface area contributed by atoms with E-state index in [-0.39, 0.29) is 5.92 Å². The smallest absolute Gasteiger partial charge is 0.328 e. The van der Waals surface area contributed by atoms with Crippen LogP contribution in [-0.4, -0.2) is 53.3 Å². The first-order valence-electron chi connectivity index (χ1n) is 5.78. The number of nitrogens with one attached hydrogen (secondary N) is 2. The van der Waals surface area contributed by atoms with Crippen LogP contribution in [0.2, 0.25) is 0 Å². The molecule has 0 saturated carbocycles. The molecule has 0 aromatic carbocycles. The minimum absolute atomic E-state index is 0.282. The van der Waals surface area contributed by atoms with Gasteiger partial charge in [0.1, 0.15) is 12.1 Å². The Bertz CT molecular complexity index is 394. The fourth-order valence-corrected chi connectivity index (χ4v) is 1.34. The third kappa shape index (κ3) is 6.03. The second kappa shape index (κ2) is 7.97. The molecule has 0 aliphatic rings. The average molecular weight is 290 g/mol. The molecular weight excluding hydrogens is 272 g/mol. The zero-order valence-electron chi connectivity index (χ0n) is 11.4. The maximum absolute atomic E-state index is 11.6. The zero-order chi connectivity index (χ0) is 15.9. The first kappa shape index (κ1) is 17.7. The number of hydrogen-bond acceptors (Lipinski definition) is 5. The van der Waals surface area contributed by atoms with Gasteiger partial charge >= 0.3 is 23.9 Å². The van der Waals surface area contributed by atoms with Gasteiger partial charge in [0.25, 0.3) is 0 Å². The highest BCUT2D eigenvalue weighted by Gasteiger charge is 2.28. The molecule has 0 fully saturated rings. The van der Waals surface area contributed by atoms with Crippen LogP contribution in [0.25, 0.3) is 0 Å². The van der Waals surface area contributed by atoms with Crippen LogP contribution in [0.4, 0.5) is 4.79 Å². The molecule has 0 radical (unpaired) electrons. The Balaban J connectivity index is 4.68. The van der Waals surface area contributed by atoms with E-state index in [4.69, 9.17) is 10.2 Å². The summed E-state index contributed by atoms with van der Waals surface area (Å²) in [7, 11) is 1.15. The second-order valence-electron chi connectivity index (χ2n) is 4.35. The van der Waals surface area contributed by atoms with Gasteiger partial charge in [-0.15, -0.1) is 0 Å². The molecule has 0 aliphatic carbocycles. The summed E-state index contributed by atoms with van der Waals surface area (Å²) in [6, 6.07) is -3.50. The molecule has 0 rings (SSSR count). The Hall–Kier alpha value is -2.32. The minimum Gasteiger partial charge on any atom is -0.481 e. The third-order valence-corrected chi connectivity index (χ3v) is 2.39. The highest BCUT2D eigenvalue weighted by atomic mass is 16.5. The van der Waals surface area contributed by atoms with Crippen LogP contribution in [0.15, 0.2) is 0 Å². The number of methoxy groups -OCH3 is 1. The van der Waals surface area contributed by atoms with E-state index in [1.807, 2.05) is 5.32 Å². The number of amides is 2. The van der Waals surface area contributed by atoms with Crippen LogP contribution >= 0.6 is 0 Å². The number of ether oxygens (including phenoxy) is 1. The van der Waals surface area contributed by atoms with Crippen molar-refractivity contribution in [2.75, 3.05) is 7.11 Å². The molecule has 0 aromatic heterocycles. The predicted octanol–water partition coefficient (Wildman–Crippen LogP) is -0.589. The number of carboxylic acids is 2. The first-order chi connectivity index (χ1) is 9.18. The highest BCUT2D eigenvalue weighted by Crippen LogP contribution is 2.03. The summed E-state index contributed by atoms with van der Waals surface area (Å²) < 4.78 is 4.50. The number of carbonyl (C=O) groups excluding carboxylic acids is 2. The lowest BCUT2D eigenvalue weighted by Gasteiger charge is -2.21. The van der Waals surface area contributed by atoms with Crippen molar-refractivity contribution in [1.29, 1.82) is 0 Å². The van der Waals surface area contributed by atoms with E-state index in [2.05, 4.69) is 10.1 Å². The van der Waals surface area contributed by atoms with Crippen molar-refractivity contribution in [3.8, 4) is 0 Å². The van der Waals surface area contributed by atoms with Crippen molar-refractivity contribution in [1.82, 2.24) is 10.6 Å². The van der Waals surface area contributed by atoms with E-state index in [0.717, 1.165) is 7.11 Å². The van der Waals surface area contributed by atoms with Crippen molar-refractivity contribution in [2.45, 2.75) is 32.4 Å². The monoisotopic (exact) mass is 290 g/mol. The molecule has 9 nitrogen and oxygen atoms in total. The van der Waals surface area contributed by atoms with Crippen molar-refractivity contribution in [2.24, 2.45) is 5.92 Å². The molecule has 0 spiro atoms. The number of esters is 1. The lowest BCUT2D eigenvalue weighted by atomic mass is 10.1. The Morgan fingerprint density at radius 2 is 1.65 bits per heavy atom. The molecule has 114 valence electrons. The average Bonchev–Trinajstić information content (AvgIpc) is 2.33. The fraction of sp³-hybridized carbons (Fsp3) is 0.636. The van der Waals surface area contributed by atoms with Gasteiger partial charge in [-0.05, 0) is 5.92 Å². The molecule has 0 aromatic rings. The number of carboxylic acid groups (broad SMARTS) is 2. The summed E-state index contributed by atoms with van der Waals surface area (Å²) >= 11 is 0. The summed E-state index contributed by atoms with van der Waals surface area (Å²) in [5, 5.41) is 21.5. The summed E-state index contributed by atoms with van der Waals surface area (Å²) in [5.41, 5.74) is 0. The largest absolute Gasteiger partial charge is 0.481 e. The minimum atomic E-state index is -1.59. The maximum Gasteiger partial charge on any atom is 0.328 e. The molecule has 20 heavy (non-hydrogen) atoms. The van der Waals surface area contributed by atoms with Crippen molar-refractivity contribution in [3.63, 3.8) is 0 Å². The van der Waals surface area contributed by atoms with Gasteiger partial charge in [0.15, 0.2) is 0 Å². The molecule has 9 heteroatoms. The van der Waals surface area contributed by atoms with Crippen LogP contribution in [-0.2, 0) is 19.1 Å². The number of hydrogen-bond donors (Lipinski definition) is 4. The van der Waals surface area contributed by atoms with E-state index < -0.39 is 42.4 Å². The third-order valence-electron chi connectivity index (χ3n) is 2.39. The van der Waals surface area contributed by atoms with E-state index in [1.54, 1.807) is 13.8 Å². The first-order valence-corrected chi connectivity index (χ1v) is 5.78. The predicted molar refractivity (Wildman–Crippen MR) is 66.0 cm³/mol. The summed E-state index contributed by atoms with van der Waals surface area (Å²) in [6.07, 6.45) is -0.771.